The summed E-state index contributed by atoms with van der Waals surface area (Å²) >= 11 is 6.44. The van der Waals surface area contributed by atoms with Crippen molar-refractivity contribution in [2.45, 2.75) is 77.8 Å². The summed E-state index contributed by atoms with van der Waals surface area (Å²) in [6.45, 7) is 16.2. The van der Waals surface area contributed by atoms with Crippen LogP contribution in [0.1, 0.15) is 61.0 Å². The first-order valence-corrected chi connectivity index (χ1v) is 11.9. The van der Waals surface area contributed by atoms with Crippen LogP contribution < -0.4 is 16.7 Å². The zero-order valence-electron chi connectivity index (χ0n) is 21.2. The van der Waals surface area contributed by atoms with E-state index < -0.39 is 25.4 Å². The third-order valence-electron chi connectivity index (χ3n) is 7.48. The molecular formula is C25H33B2ClN2O4. The van der Waals surface area contributed by atoms with Gasteiger partial charge < -0.3 is 24.4 Å². The Morgan fingerprint density at radius 2 is 1.18 bits per heavy atom. The van der Waals surface area contributed by atoms with Gasteiger partial charge in [0.15, 0.2) is 0 Å². The third-order valence-corrected chi connectivity index (χ3v) is 7.79. The van der Waals surface area contributed by atoms with Crippen molar-refractivity contribution < 1.29 is 18.6 Å². The van der Waals surface area contributed by atoms with Crippen LogP contribution >= 0.6 is 11.6 Å². The summed E-state index contributed by atoms with van der Waals surface area (Å²) in [4.78, 5) is 4.60. The van der Waals surface area contributed by atoms with Gasteiger partial charge in [-0.05, 0) is 84.5 Å². The molecule has 2 saturated heterocycles. The number of aliphatic imine (C=N–C) groups is 1. The highest BCUT2D eigenvalue weighted by molar-refractivity contribution is 6.63. The Hall–Kier alpha value is -1.83. The zero-order valence-corrected chi connectivity index (χ0v) is 22.0. The molecule has 34 heavy (non-hydrogen) atoms. The molecule has 2 heterocycles. The number of nitrogens with two attached hydrogens (primary N) is 1. The number of hydrogen-bond acceptors (Lipinski definition) is 6. The molecule has 0 aliphatic carbocycles. The molecule has 2 N–H and O–H groups in total. The van der Waals surface area contributed by atoms with Crippen molar-refractivity contribution >= 4 is 54.4 Å². The van der Waals surface area contributed by atoms with Gasteiger partial charge in [-0.2, -0.15) is 0 Å². The predicted molar refractivity (Wildman–Crippen MR) is 141 cm³/mol. The van der Waals surface area contributed by atoms with Gasteiger partial charge in [0, 0.05) is 11.8 Å². The van der Waals surface area contributed by atoms with Gasteiger partial charge in [-0.3, -0.25) is 4.99 Å². The van der Waals surface area contributed by atoms with Gasteiger partial charge in [0.25, 0.3) is 0 Å². The molecular weight excluding hydrogens is 449 g/mol. The van der Waals surface area contributed by atoms with Crippen molar-refractivity contribution in [2.24, 2.45) is 4.99 Å². The molecule has 0 unspecified atom stereocenters. The minimum Gasteiger partial charge on any atom is -0.399 e. The third kappa shape index (κ3) is 4.54. The Morgan fingerprint density at radius 3 is 1.65 bits per heavy atom. The quantitative estimate of drug-likeness (QED) is 0.400. The fourth-order valence-corrected chi connectivity index (χ4v) is 3.96. The van der Waals surface area contributed by atoms with Crippen LogP contribution in [-0.2, 0) is 18.6 Å². The van der Waals surface area contributed by atoms with Crippen LogP contribution in [0.2, 0.25) is 5.02 Å². The Bertz CT molecular complexity index is 1080. The van der Waals surface area contributed by atoms with Crippen molar-refractivity contribution in [3.63, 3.8) is 0 Å². The van der Waals surface area contributed by atoms with E-state index in [1.54, 1.807) is 12.3 Å². The maximum atomic E-state index is 6.44. The number of hydrogen-bond donors (Lipinski definition) is 1. The molecule has 0 atom stereocenters. The van der Waals surface area contributed by atoms with Crippen molar-refractivity contribution in [1.82, 2.24) is 0 Å². The lowest BCUT2D eigenvalue weighted by Crippen LogP contribution is -2.41. The predicted octanol–water partition coefficient (Wildman–Crippen LogP) is 4.27. The second-order valence-electron chi connectivity index (χ2n) is 11.0. The van der Waals surface area contributed by atoms with E-state index in [1.807, 2.05) is 85.7 Å². The van der Waals surface area contributed by atoms with E-state index in [-0.39, 0.29) is 11.2 Å². The van der Waals surface area contributed by atoms with Gasteiger partial charge in [-0.25, -0.2) is 0 Å². The lowest BCUT2D eigenvalue weighted by atomic mass is 9.78. The molecule has 0 saturated carbocycles. The number of benzene rings is 2. The van der Waals surface area contributed by atoms with Crippen LogP contribution in [0.15, 0.2) is 41.4 Å². The Balaban J connectivity index is 1.53. The van der Waals surface area contributed by atoms with Crippen molar-refractivity contribution in [3.05, 3.63) is 47.0 Å². The number of nitrogens with zero attached hydrogens (tertiary/aromatic N) is 1. The molecule has 0 radical (unpaired) electrons. The Labute approximate surface area is 208 Å². The van der Waals surface area contributed by atoms with Gasteiger partial charge in [0.1, 0.15) is 0 Å². The minimum absolute atomic E-state index is 0.381. The van der Waals surface area contributed by atoms with Crippen molar-refractivity contribution in [1.29, 1.82) is 0 Å². The summed E-state index contributed by atoms with van der Waals surface area (Å²) < 4.78 is 24.6. The fourth-order valence-electron chi connectivity index (χ4n) is 3.72. The first kappa shape index (κ1) is 25.3. The number of anilines is 1. The van der Waals surface area contributed by atoms with Crippen LogP contribution in [0.4, 0.5) is 11.4 Å². The van der Waals surface area contributed by atoms with Gasteiger partial charge in [-0.15, -0.1) is 0 Å². The SMILES string of the molecule is CC1(C)OB(c2ccc(N=Cc3cc(B4OC(C)(C)C(C)(C)O4)cc(Cl)c3N)cc2)OC1(C)C. The van der Waals surface area contributed by atoms with E-state index in [4.69, 9.17) is 36.0 Å². The van der Waals surface area contributed by atoms with Crippen molar-refractivity contribution in [3.8, 4) is 0 Å². The molecule has 0 aromatic heterocycles. The van der Waals surface area contributed by atoms with Gasteiger partial charge in [0.05, 0.1) is 38.8 Å². The maximum absolute atomic E-state index is 6.44. The fraction of sp³-hybridized carbons (Fsp3) is 0.480. The van der Waals surface area contributed by atoms with Crippen molar-refractivity contribution in [2.75, 3.05) is 5.73 Å². The van der Waals surface area contributed by atoms with E-state index in [0.717, 1.165) is 16.6 Å². The molecule has 2 fully saturated rings. The van der Waals surface area contributed by atoms with Crippen LogP contribution in [0.25, 0.3) is 0 Å². The van der Waals surface area contributed by atoms with Crippen LogP contribution in [0.5, 0.6) is 0 Å². The van der Waals surface area contributed by atoms with E-state index in [1.165, 1.54) is 0 Å². The monoisotopic (exact) mass is 482 g/mol. The summed E-state index contributed by atoms with van der Waals surface area (Å²) in [5, 5.41) is 0.435. The summed E-state index contributed by atoms with van der Waals surface area (Å²) in [5.74, 6) is 0. The molecule has 2 aromatic carbocycles. The highest BCUT2D eigenvalue weighted by Gasteiger charge is 2.52. The molecule has 2 aliphatic heterocycles. The largest absolute Gasteiger partial charge is 0.494 e. The average Bonchev–Trinajstić information content (AvgIpc) is 3.09. The summed E-state index contributed by atoms with van der Waals surface area (Å²) in [5.41, 5.74) is 8.27. The van der Waals surface area contributed by atoms with Gasteiger partial charge in [0.2, 0.25) is 0 Å². The van der Waals surface area contributed by atoms with E-state index in [0.29, 0.717) is 16.3 Å². The average molecular weight is 483 g/mol. The number of nitrogen functional groups attached to an aromatic ring is 1. The smallest absolute Gasteiger partial charge is 0.399 e. The Morgan fingerprint density at radius 1 is 0.735 bits per heavy atom. The normalized spacial score (nSPS) is 22.6. The number of rotatable bonds is 4. The second kappa shape index (κ2) is 8.38. The van der Waals surface area contributed by atoms with Crippen LogP contribution in [0, 0.1) is 0 Å². The zero-order chi connectivity index (χ0) is 25.1. The summed E-state index contributed by atoms with van der Waals surface area (Å²) in [7, 11) is -0.941. The van der Waals surface area contributed by atoms with Crippen LogP contribution in [-0.4, -0.2) is 42.9 Å². The first-order chi connectivity index (χ1) is 15.6. The highest BCUT2D eigenvalue weighted by Crippen LogP contribution is 2.38. The summed E-state index contributed by atoms with van der Waals surface area (Å²) in [6.07, 6.45) is 1.71. The lowest BCUT2D eigenvalue weighted by molar-refractivity contribution is 0.00578. The van der Waals surface area contributed by atoms with Crippen LogP contribution in [0.3, 0.4) is 0 Å². The molecule has 2 aromatic rings. The topological polar surface area (TPSA) is 75.3 Å². The number of halogens is 1. The second-order valence-corrected chi connectivity index (χ2v) is 11.4. The van der Waals surface area contributed by atoms with Gasteiger partial charge in [-0.1, -0.05) is 29.8 Å². The minimum atomic E-state index is -0.533. The molecule has 2 aliphatic rings. The maximum Gasteiger partial charge on any atom is 0.494 e. The summed E-state index contributed by atoms with van der Waals surface area (Å²) in [6, 6.07) is 11.5. The van der Waals surface area contributed by atoms with E-state index in [2.05, 4.69) is 4.99 Å². The standard InChI is InChI=1S/C25H33B2ClN2O4/c1-22(2)23(3,4)32-26(31-22)17-9-11-19(12-10-17)30-15-16-13-18(14-20(28)21(16)29)27-33-24(5,6)25(7,8)34-27/h9-15H,29H2,1-8H3. The molecule has 4 rings (SSSR count). The highest BCUT2D eigenvalue weighted by atomic mass is 35.5. The van der Waals surface area contributed by atoms with Gasteiger partial charge >= 0.3 is 14.2 Å². The molecule has 180 valence electrons. The van der Waals surface area contributed by atoms with E-state index >= 15 is 0 Å². The molecule has 0 bridgehead atoms. The lowest BCUT2D eigenvalue weighted by Gasteiger charge is -2.32. The molecule has 0 amide bonds. The molecule has 6 nitrogen and oxygen atoms in total. The first-order valence-electron chi connectivity index (χ1n) is 11.6. The molecule has 9 heteroatoms. The molecule has 0 spiro atoms. The van der Waals surface area contributed by atoms with E-state index in [9.17, 15) is 0 Å². The Kier molecular flexibility index (Phi) is 6.23.